The van der Waals surface area contributed by atoms with Crippen molar-refractivity contribution < 1.29 is 9.21 Å². The van der Waals surface area contributed by atoms with Crippen LogP contribution < -0.4 is 16.4 Å². The number of furan rings is 1. The van der Waals surface area contributed by atoms with E-state index in [4.69, 9.17) is 10.2 Å². The highest BCUT2D eigenvalue weighted by Crippen LogP contribution is 2.10. The number of urea groups is 1. The summed E-state index contributed by atoms with van der Waals surface area (Å²) >= 11 is 0. The molecule has 2 rings (SSSR count). The van der Waals surface area contributed by atoms with Crippen molar-refractivity contribution in [1.29, 1.82) is 0 Å². The molecule has 5 nitrogen and oxygen atoms in total. The topological polar surface area (TPSA) is 80.3 Å². The normalized spacial score (nSPS) is 10.1. The number of amides is 2. The lowest BCUT2D eigenvalue weighted by atomic mass is 10.3. The number of nitrogens with two attached hydrogens (primary N) is 1. The van der Waals surface area contributed by atoms with Crippen LogP contribution in [0.1, 0.15) is 11.5 Å². The smallest absolute Gasteiger partial charge is 0.319 e. The standard InChI is InChI=1S/C13H15N3O2/c1-9-2-7-12(18-9)8-15-13(17)16-11-5-3-10(14)4-6-11/h2-7H,8,14H2,1H3,(H2,15,16,17). The van der Waals surface area contributed by atoms with Crippen LogP contribution in [0, 0.1) is 6.92 Å². The number of carbonyl (C=O) groups is 1. The predicted octanol–water partition coefficient (Wildman–Crippen LogP) is 2.49. The molecule has 2 aromatic rings. The van der Waals surface area contributed by atoms with E-state index >= 15 is 0 Å². The third-order valence-corrected chi connectivity index (χ3v) is 2.39. The van der Waals surface area contributed by atoms with Crippen LogP contribution in [-0.2, 0) is 6.54 Å². The van der Waals surface area contributed by atoms with Crippen LogP contribution in [0.3, 0.4) is 0 Å². The fraction of sp³-hybridized carbons (Fsp3) is 0.154. The molecule has 1 aromatic carbocycles. The fourth-order valence-electron chi connectivity index (χ4n) is 1.49. The number of hydrogen-bond donors (Lipinski definition) is 3. The summed E-state index contributed by atoms with van der Waals surface area (Å²) in [6.07, 6.45) is 0. The van der Waals surface area contributed by atoms with Crippen LogP contribution in [0.15, 0.2) is 40.8 Å². The van der Waals surface area contributed by atoms with E-state index in [0.717, 1.165) is 11.5 Å². The van der Waals surface area contributed by atoms with Gasteiger partial charge in [-0.15, -0.1) is 0 Å². The molecule has 0 saturated heterocycles. The van der Waals surface area contributed by atoms with Crippen molar-refractivity contribution in [3.63, 3.8) is 0 Å². The highest BCUT2D eigenvalue weighted by atomic mass is 16.3. The minimum absolute atomic E-state index is 0.283. The average Bonchev–Trinajstić information content (AvgIpc) is 2.76. The Bertz CT molecular complexity index is 531. The van der Waals surface area contributed by atoms with Gasteiger partial charge in [0.05, 0.1) is 6.54 Å². The zero-order valence-electron chi connectivity index (χ0n) is 10.1. The van der Waals surface area contributed by atoms with E-state index in [9.17, 15) is 4.79 Å². The molecule has 2 amide bonds. The summed E-state index contributed by atoms with van der Waals surface area (Å²) in [5.41, 5.74) is 6.90. The Kier molecular flexibility index (Phi) is 3.52. The Morgan fingerprint density at radius 3 is 2.56 bits per heavy atom. The lowest BCUT2D eigenvalue weighted by Gasteiger charge is -2.06. The molecule has 4 N–H and O–H groups in total. The molecule has 0 bridgehead atoms. The molecule has 5 heteroatoms. The van der Waals surface area contributed by atoms with Crippen LogP contribution in [0.2, 0.25) is 0 Å². The third-order valence-electron chi connectivity index (χ3n) is 2.39. The summed E-state index contributed by atoms with van der Waals surface area (Å²) in [6.45, 7) is 2.21. The molecule has 0 unspecified atom stereocenters. The molecule has 0 aliphatic heterocycles. The van der Waals surface area contributed by atoms with E-state index in [1.165, 1.54) is 0 Å². The predicted molar refractivity (Wildman–Crippen MR) is 70.2 cm³/mol. The van der Waals surface area contributed by atoms with Crippen molar-refractivity contribution in [2.45, 2.75) is 13.5 Å². The second kappa shape index (κ2) is 5.27. The molecular weight excluding hydrogens is 230 g/mol. The molecule has 1 heterocycles. The number of aryl methyl sites for hydroxylation is 1. The molecule has 0 saturated carbocycles. The number of benzene rings is 1. The average molecular weight is 245 g/mol. The van der Waals surface area contributed by atoms with E-state index in [1.54, 1.807) is 24.3 Å². The van der Waals surface area contributed by atoms with Crippen molar-refractivity contribution >= 4 is 17.4 Å². The Morgan fingerprint density at radius 2 is 1.94 bits per heavy atom. The minimum atomic E-state index is -0.283. The van der Waals surface area contributed by atoms with Gasteiger partial charge in [0.1, 0.15) is 11.5 Å². The van der Waals surface area contributed by atoms with Gasteiger partial charge in [0, 0.05) is 11.4 Å². The van der Waals surface area contributed by atoms with E-state index in [2.05, 4.69) is 10.6 Å². The summed E-state index contributed by atoms with van der Waals surface area (Å²) in [7, 11) is 0. The summed E-state index contributed by atoms with van der Waals surface area (Å²) in [5.74, 6) is 1.55. The molecule has 94 valence electrons. The van der Waals surface area contributed by atoms with Gasteiger partial charge in [-0.25, -0.2) is 4.79 Å². The van der Waals surface area contributed by atoms with Crippen molar-refractivity contribution in [3.8, 4) is 0 Å². The van der Waals surface area contributed by atoms with Gasteiger partial charge in [-0.2, -0.15) is 0 Å². The van der Waals surface area contributed by atoms with Gasteiger partial charge in [0.25, 0.3) is 0 Å². The summed E-state index contributed by atoms with van der Waals surface area (Å²) in [4.78, 5) is 11.6. The first-order chi connectivity index (χ1) is 8.63. The Hall–Kier alpha value is -2.43. The number of carbonyl (C=O) groups excluding carboxylic acids is 1. The van der Waals surface area contributed by atoms with E-state index < -0.39 is 0 Å². The van der Waals surface area contributed by atoms with E-state index in [1.807, 2.05) is 19.1 Å². The number of rotatable bonds is 3. The van der Waals surface area contributed by atoms with Crippen molar-refractivity contribution in [1.82, 2.24) is 5.32 Å². The van der Waals surface area contributed by atoms with Gasteiger partial charge in [0.15, 0.2) is 0 Å². The largest absolute Gasteiger partial charge is 0.465 e. The number of hydrogen-bond acceptors (Lipinski definition) is 3. The van der Waals surface area contributed by atoms with Gasteiger partial charge < -0.3 is 20.8 Å². The van der Waals surface area contributed by atoms with Gasteiger partial charge in [-0.05, 0) is 43.3 Å². The zero-order chi connectivity index (χ0) is 13.0. The molecular formula is C13H15N3O2. The number of nitrogens with one attached hydrogen (secondary N) is 2. The monoisotopic (exact) mass is 245 g/mol. The molecule has 0 spiro atoms. The van der Waals surface area contributed by atoms with Gasteiger partial charge >= 0.3 is 6.03 Å². The Labute approximate surface area is 105 Å². The molecule has 1 aromatic heterocycles. The van der Waals surface area contributed by atoms with Crippen LogP contribution in [0.5, 0.6) is 0 Å². The first kappa shape index (κ1) is 12.0. The van der Waals surface area contributed by atoms with Gasteiger partial charge in [0.2, 0.25) is 0 Å². The maximum absolute atomic E-state index is 11.6. The van der Waals surface area contributed by atoms with Crippen molar-refractivity contribution in [2.24, 2.45) is 0 Å². The maximum Gasteiger partial charge on any atom is 0.319 e. The highest BCUT2D eigenvalue weighted by molar-refractivity contribution is 5.89. The quantitative estimate of drug-likeness (QED) is 0.727. The second-order valence-corrected chi connectivity index (χ2v) is 3.94. The SMILES string of the molecule is Cc1ccc(CNC(=O)Nc2ccc(N)cc2)o1. The second-order valence-electron chi connectivity index (χ2n) is 3.94. The first-order valence-corrected chi connectivity index (χ1v) is 5.59. The molecule has 0 radical (unpaired) electrons. The summed E-state index contributed by atoms with van der Waals surface area (Å²) < 4.78 is 5.34. The highest BCUT2D eigenvalue weighted by Gasteiger charge is 2.03. The van der Waals surface area contributed by atoms with Crippen LogP contribution in [-0.4, -0.2) is 6.03 Å². The molecule has 0 atom stereocenters. The molecule has 18 heavy (non-hydrogen) atoms. The van der Waals surface area contributed by atoms with Crippen LogP contribution in [0.25, 0.3) is 0 Å². The van der Waals surface area contributed by atoms with Crippen LogP contribution in [0.4, 0.5) is 16.2 Å². The fourth-order valence-corrected chi connectivity index (χ4v) is 1.49. The summed E-state index contributed by atoms with van der Waals surface area (Å²) in [5, 5.41) is 5.40. The summed E-state index contributed by atoms with van der Waals surface area (Å²) in [6, 6.07) is 10.3. The van der Waals surface area contributed by atoms with Crippen molar-refractivity contribution in [2.75, 3.05) is 11.1 Å². The molecule has 0 fully saturated rings. The van der Waals surface area contributed by atoms with E-state index in [-0.39, 0.29) is 6.03 Å². The van der Waals surface area contributed by atoms with Gasteiger partial charge in [-0.1, -0.05) is 0 Å². The van der Waals surface area contributed by atoms with Crippen molar-refractivity contribution in [3.05, 3.63) is 47.9 Å². The lowest BCUT2D eigenvalue weighted by molar-refractivity contribution is 0.250. The third kappa shape index (κ3) is 3.28. The first-order valence-electron chi connectivity index (χ1n) is 5.59. The molecule has 0 aliphatic rings. The Morgan fingerprint density at radius 1 is 1.22 bits per heavy atom. The zero-order valence-corrected chi connectivity index (χ0v) is 10.1. The molecule has 0 aliphatic carbocycles. The minimum Gasteiger partial charge on any atom is -0.465 e. The van der Waals surface area contributed by atoms with Gasteiger partial charge in [-0.3, -0.25) is 0 Å². The van der Waals surface area contributed by atoms with E-state index in [0.29, 0.717) is 17.9 Å². The number of anilines is 2. The van der Waals surface area contributed by atoms with Crippen LogP contribution >= 0.6 is 0 Å². The number of nitrogen functional groups attached to an aromatic ring is 1. The Balaban J connectivity index is 1.83. The lowest BCUT2D eigenvalue weighted by Crippen LogP contribution is -2.27. The maximum atomic E-state index is 11.6.